The quantitative estimate of drug-likeness (QED) is 0.224. The Hall–Kier alpha value is -0.900. The van der Waals surface area contributed by atoms with Crippen molar-refractivity contribution in [2.24, 2.45) is 23.7 Å². The molecule has 0 unspecified atom stereocenters. The zero-order chi connectivity index (χ0) is 20.9. The number of allylic oxidation sites excluding steroid dienone is 5. The van der Waals surface area contributed by atoms with Crippen molar-refractivity contribution in [2.75, 3.05) is 0 Å². The average Bonchev–Trinajstić information content (AvgIpc) is 3.34. The summed E-state index contributed by atoms with van der Waals surface area (Å²) in [4.78, 5) is 11.9. The first-order chi connectivity index (χ1) is 13.1. The van der Waals surface area contributed by atoms with Crippen LogP contribution in [-0.4, -0.2) is 33.6 Å². The molecule has 3 nitrogen and oxygen atoms in total. The van der Waals surface area contributed by atoms with Crippen molar-refractivity contribution >= 4 is 17.4 Å². The van der Waals surface area contributed by atoms with Crippen molar-refractivity contribution in [1.82, 2.24) is 0 Å². The second-order valence-corrected chi connectivity index (χ2v) is 9.94. The fourth-order valence-electron chi connectivity index (χ4n) is 5.72. The van der Waals surface area contributed by atoms with E-state index >= 15 is 0 Å². The number of halogens is 1. The van der Waals surface area contributed by atoms with Crippen molar-refractivity contribution in [3.05, 3.63) is 35.5 Å². The Morgan fingerprint density at radius 2 is 1.96 bits per heavy atom. The van der Waals surface area contributed by atoms with E-state index in [-0.39, 0.29) is 28.8 Å². The Morgan fingerprint density at radius 1 is 1.29 bits per heavy atom. The second-order valence-electron chi connectivity index (χ2n) is 9.41. The summed E-state index contributed by atoms with van der Waals surface area (Å²) in [7, 11) is 0. The number of epoxide rings is 1. The highest BCUT2D eigenvalue weighted by Gasteiger charge is 2.70. The molecule has 3 rings (SSSR count). The number of carbonyl (C=O) groups is 1. The topological polar surface area (TPSA) is 49.8 Å². The van der Waals surface area contributed by atoms with Crippen LogP contribution in [0.4, 0.5) is 0 Å². The molecule has 0 aromatic carbocycles. The van der Waals surface area contributed by atoms with Gasteiger partial charge in [-0.2, -0.15) is 0 Å². The van der Waals surface area contributed by atoms with E-state index < -0.39 is 5.60 Å². The summed E-state index contributed by atoms with van der Waals surface area (Å²) in [6.07, 6.45) is 10.6. The number of ether oxygens (including phenoxy) is 1. The fraction of sp³-hybridized carbons (Fsp3) is 0.708. The van der Waals surface area contributed by atoms with Gasteiger partial charge in [0.15, 0.2) is 5.78 Å². The van der Waals surface area contributed by atoms with Gasteiger partial charge in [0, 0.05) is 12.3 Å². The molecule has 28 heavy (non-hydrogen) atoms. The summed E-state index contributed by atoms with van der Waals surface area (Å²) >= 11 is 6.61. The van der Waals surface area contributed by atoms with Crippen molar-refractivity contribution < 1.29 is 14.6 Å². The summed E-state index contributed by atoms with van der Waals surface area (Å²) in [5, 5.41) is 10.5. The molecular weight excluding hydrogens is 372 g/mol. The number of hydrogen-bond acceptors (Lipinski definition) is 3. The van der Waals surface area contributed by atoms with Crippen LogP contribution in [0, 0.1) is 23.7 Å². The first-order valence-electron chi connectivity index (χ1n) is 10.6. The normalized spacial score (nSPS) is 46.3. The SMILES string of the molecule is C/C=C(\C)[C@H]1[C@@H](/C=C/C=C(\C)C(=O)CC)[C@@H]2C[C@@H](Cl)[C@](C)(O)C[C@H]2[C@@H]2O[C@@]21C. The van der Waals surface area contributed by atoms with Crippen LogP contribution in [0.3, 0.4) is 0 Å². The lowest BCUT2D eigenvalue weighted by Crippen LogP contribution is -2.54. The first-order valence-corrected chi connectivity index (χ1v) is 11.1. The van der Waals surface area contributed by atoms with Crippen molar-refractivity contribution in [1.29, 1.82) is 0 Å². The highest BCUT2D eigenvalue weighted by atomic mass is 35.5. The van der Waals surface area contributed by atoms with Gasteiger partial charge in [0.25, 0.3) is 0 Å². The van der Waals surface area contributed by atoms with Gasteiger partial charge in [0.1, 0.15) is 0 Å². The predicted octanol–water partition coefficient (Wildman–Crippen LogP) is 5.22. The average molecular weight is 407 g/mol. The lowest BCUT2D eigenvalue weighted by molar-refractivity contribution is -0.115. The summed E-state index contributed by atoms with van der Waals surface area (Å²) in [5.74, 6) is 1.44. The summed E-state index contributed by atoms with van der Waals surface area (Å²) in [6.45, 7) is 12.1. The maximum absolute atomic E-state index is 11.9. The molecule has 156 valence electrons. The molecule has 1 N–H and O–H groups in total. The van der Waals surface area contributed by atoms with Crippen molar-refractivity contribution in [3.63, 3.8) is 0 Å². The van der Waals surface area contributed by atoms with E-state index in [2.05, 4.69) is 32.9 Å². The van der Waals surface area contributed by atoms with Gasteiger partial charge in [0.2, 0.25) is 0 Å². The van der Waals surface area contributed by atoms with Gasteiger partial charge >= 0.3 is 0 Å². The van der Waals surface area contributed by atoms with Crippen LogP contribution in [0.15, 0.2) is 35.5 Å². The van der Waals surface area contributed by atoms with Crippen LogP contribution in [0.2, 0.25) is 0 Å². The number of hydrogen-bond donors (Lipinski definition) is 1. The predicted molar refractivity (Wildman–Crippen MR) is 114 cm³/mol. The molecule has 1 aliphatic heterocycles. The third-order valence-corrected chi connectivity index (χ3v) is 8.16. The number of alkyl halides is 1. The minimum atomic E-state index is -0.851. The second kappa shape index (κ2) is 7.74. The number of rotatable bonds is 5. The van der Waals surface area contributed by atoms with Crippen LogP contribution in [0.1, 0.15) is 60.8 Å². The van der Waals surface area contributed by atoms with Gasteiger partial charge in [-0.05, 0) is 70.8 Å². The van der Waals surface area contributed by atoms with Crippen LogP contribution in [0.5, 0.6) is 0 Å². The molecule has 8 atom stereocenters. The molecule has 1 saturated heterocycles. The Bertz CT molecular complexity index is 719. The zero-order valence-electron chi connectivity index (χ0n) is 18.0. The molecule has 4 heteroatoms. The van der Waals surface area contributed by atoms with Crippen molar-refractivity contribution in [3.8, 4) is 0 Å². The van der Waals surface area contributed by atoms with E-state index in [0.717, 1.165) is 12.0 Å². The first kappa shape index (κ1) is 21.8. The molecular formula is C24H35ClO3. The van der Waals surface area contributed by atoms with Crippen LogP contribution >= 0.6 is 11.6 Å². The smallest absolute Gasteiger partial charge is 0.158 e. The minimum absolute atomic E-state index is 0.180. The Balaban J connectivity index is 1.96. The monoisotopic (exact) mass is 406 g/mol. The molecule has 0 aromatic heterocycles. The van der Waals surface area contributed by atoms with Gasteiger partial charge < -0.3 is 9.84 Å². The van der Waals surface area contributed by atoms with E-state index in [1.807, 2.05) is 32.9 Å². The fourth-order valence-corrected chi connectivity index (χ4v) is 6.01. The lowest BCUT2D eigenvalue weighted by atomic mass is 9.55. The molecule has 0 aromatic rings. The zero-order valence-corrected chi connectivity index (χ0v) is 18.8. The number of Topliss-reactive ketones (excluding diaryl/α,β-unsaturated/α-hetero) is 1. The number of ketones is 1. The molecule has 3 aliphatic rings. The van der Waals surface area contributed by atoms with Gasteiger partial charge in [-0.15, -0.1) is 11.6 Å². The molecule has 0 amide bonds. The maximum Gasteiger partial charge on any atom is 0.158 e. The third kappa shape index (κ3) is 3.66. The van der Waals surface area contributed by atoms with E-state index in [0.29, 0.717) is 30.6 Å². The Morgan fingerprint density at radius 3 is 2.57 bits per heavy atom. The van der Waals surface area contributed by atoms with Crippen LogP contribution in [-0.2, 0) is 9.53 Å². The standard InChI is InChI=1S/C24H35ClO3/c1-7-14(3)21-16(11-9-10-15(4)19(26)8-2)17-12-20(25)23(5,27)13-18(17)22-24(21,6)28-22/h7,9-11,16-18,20-22,27H,8,12-13H2,1-6H3/b11-9+,14-7+,15-10+/t16-,17-,18+,20+,21-,22-,23+,24+/m0/s1. The third-order valence-electron chi connectivity index (χ3n) is 7.51. The highest BCUT2D eigenvalue weighted by molar-refractivity contribution is 6.21. The largest absolute Gasteiger partial charge is 0.389 e. The summed E-state index contributed by atoms with van der Waals surface area (Å²) < 4.78 is 6.31. The molecule has 0 spiro atoms. The van der Waals surface area contributed by atoms with Crippen LogP contribution in [0.25, 0.3) is 0 Å². The van der Waals surface area contributed by atoms with Gasteiger partial charge in [0.05, 0.1) is 22.7 Å². The number of carbonyl (C=O) groups excluding carboxylic acids is 1. The van der Waals surface area contributed by atoms with Crippen LogP contribution < -0.4 is 0 Å². The van der Waals surface area contributed by atoms with E-state index in [1.54, 1.807) is 0 Å². The summed E-state index contributed by atoms with van der Waals surface area (Å²) in [6, 6.07) is 0. The summed E-state index contributed by atoms with van der Waals surface area (Å²) in [5.41, 5.74) is 1.10. The Kier molecular flexibility index (Phi) is 6.02. The molecule has 0 bridgehead atoms. The maximum atomic E-state index is 11.9. The van der Waals surface area contributed by atoms with Gasteiger partial charge in [-0.3, -0.25) is 4.79 Å². The lowest BCUT2D eigenvalue weighted by Gasteiger charge is -2.50. The van der Waals surface area contributed by atoms with Crippen molar-refractivity contribution in [2.45, 2.75) is 83.5 Å². The molecule has 1 heterocycles. The van der Waals surface area contributed by atoms with E-state index in [4.69, 9.17) is 16.3 Å². The molecule has 0 radical (unpaired) electrons. The minimum Gasteiger partial charge on any atom is -0.389 e. The van der Waals surface area contributed by atoms with Gasteiger partial charge in [-0.25, -0.2) is 0 Å². The highest BCUT2D eigenvalue weighted by Crippen LogP contribution is 2.64. The molecule has 2 aliphatic carbocycles. The number of fused-ring (bicyclic) bond motifs is 3. The number of aliphatic hydroxyl groups is 1. The van der Waals surface area contributed by atoms with E-state index in [9.17, 15) is 9.90 Å². The van der Waals surface area contributed by atoms with Gasteiger partial charge in [-0.1, -0.05) is 36.8 Å². The van der Waals surface area contributed by atoms with E-state index in [1.165, 1.54) is 5.57 Å². The Labute approximate surface area is 174 Å². The molecule has 3 fully saturated rings. The molecule has 2 saturated carbocycles.